The maximum atomic E-state index is 11.7. The van der Waals surface area contributed by atoms with E-state index < -0.39 is 15.3 Å². The molecule has 0 radical (unpaired) electrons. The first-order chi connectivity index (χ1) is 7.43. The number of amides is 1. The molecule has 6 heteroatoms. The molecule has 0 aromatic heterocycles. The number of rotatable bonds is 4. The number of sulfonamides is 1. The van der Waals surface area contributed by atoms with Gasteiger partial charge in [-0.2, -0.15) is 0 Å². The third kappa shape index (κ3) is 3.75. The van der Waals surface area contributed by atoms with Crippen molar-refractivity contribution in [2.75, 3.05) is 19.6 Å². The van der Waals surface area contributed by atoms with Crippen LogP contribution in [0, 0.1) is 0 Å². The van der Waals surface area contributed by atoms with Gasteiger partial charge in [0.05, 0.1) is 11.8 Å². The fourth-order valence-electron chi connectivity index (χ4n) is 1.58. The van der Waals surface area contributed by atoms with Gasteiger partial charge in [0.2, 0.25) is 15.9 Å². The second-order valence-corrected chi connectivity index (χ2v) is 6.68. The van der Waals surface area contributed by atoms with E-state index in [4.69, 9.17) is 0 Å². The van der Waals surface area contributed by atoms with E-state index in [1.807, 2.05) is 0 Å². The van der Waals surface area contributed by atoms with Gasteiger partial charge in [-0.15, -0.1) is 0 Å². The number of carbonyl (C=O) groups excluding carboxylic acids is 1. The first-order valence-corrected chi connectivity index (χ1v) is 7.24. The van der Waals surface area contributed by atoms with Crippen molar-refractivity contribution in [3.63, 3.8) is 0 Å². The van der Waals surface area contributed by atoms with Gasteiger partial charge < -0.3 is 4.90 Å². The molecule has 16 heavy (non-hydrogen) atoms. The van der Waals surface area contributed by atoms with Crippen LogP contribution in [0.15, 0.2) is 0 Å². The Morgan fingerprint density at radius 1 is 1.25 bits per heavy atom. The molecule has 0 bridgehead atoms. The van der Waals surface area contributed by atoms with Gasteiger partial charge >= 0.3 is 0 Å². The highest BCUT2D eigenvalue weighted by Crippen LogP contribution is 2.08. The van der Waals surface area contributed by atoms with Gasteiger partial charge in [0.15, 0.2) is 0 Å². The second-order valence-electron chi connectivity index (χ2n) is 4.36. The smallest absolute Gasteiger partial charge is 0.237 e. The van der Waals surface area contributed by atoms with Crippen LogP contribution in [0.2, 0.25) is 0 Å². The highest BCUT2D eigenvalue weighted by Gasteiger charge is 2.20. The minimum atomic E-state index is -3.33. The van der Waals surface area contributed by atoms with Gasteiger partial charge in [0.1, 0.15) is 0 Å². The van der Waals surface area contributed by atoms with Crippen LogP contribution in [0.1, 0.15) is 33.1 Å². The van der Waals surface area contributed by atoms with E-state index in [0.29, 0.717) is 0 Å². The fraction of sp³-hybridized carbons (Fsp3) is 0.900. The third-order valence-electron chi connectivity index (χ3n) is 2.75. The Morgan fingerprint density at radius 2 is 1.81 bits per heavy atom. The summed E-state index contributed by atoms with van der Waals surface area (Å²) in [5, 5.41) is -0.498. The van der Waals surface area contributed by atoms with E-state index in [0.717, 1.165) is 32.4 Å². The van der Waals surface area contributed by atoms with E-state index in [9.17, 15) is 13.2 Å². The molecule has 1 N–H and O–H groups in total. The molecule has 1 rings (SSSR count). The molecule has 1 saturated heterocycles. The summed E-state index contributed by atoms with van der Waals surface area (Å²) in [6, 6.07) is 0. The molecular weight excluding hydrogens is 228 g/mol. The molecule has 1 aliphatic rings. The van der Waals surface area contributed by atoms with Gasteiger partial charge in [-0.1, -0.05) is 0 Å². The maximum Gasteiger partial charge on any atom is 0.237 e. The molecule has 1 amide bonds. The molecular formula is C10H20N2O3S. The summed E-state index contributed by atoms with van der Waals surface area (Å²) in [5.41, 5.74) is 0. The number of nitrogens with zero attached hydrogens (tertiary/aromatic N) is 1. The Bertz CT molecular complexity index is 332. The lowest BCUT2D eigenvalue weighted by atomic mass is 10.1. The molecule has 0 unspecified atom stereocenters. The zero-order valence-corrected chi connectivity index (χ0v) is 10.7. The Hall–Kier alpha value is -0.620. The van der Waals surface area contributed by atoms with Crippen LogP contribution in [-0.4, -0.2) is 44.1 Å². The summed E-state index contributed by atoms with van der Waals surface area (Å²) in [4.78, 5) is 13.4. The Kier molecular flexibility index (Phi) is 4.73. The second kappa shape index (κ2) is 5.63. The van der Waals surface area contributed by atoms with Crippen molar-refractivity contribution in [1.29, 1.82) is 0 Å². The number of hydrogen-bond donors (Lipinski definition) is 1. The van der Waals surface area contributed by atoms with E-state index in [1.54, 1.807) is 18.7 Å². The minimum absolute atomic E-state index is 0.111. The Balaban J connectivity index is 2.40. The van der Waals surface area contributed by atoms with Crippen LogP contribution in [0.25, 0.3) is 0 Å². The summed E-state index contributed by atoms with van der Waals surface area (Å²) in [6.07, 6.45) is 3.19. The molecule has 5 nitrogen and oxygen atoms in total. The first-order valence-electron chi connectivity index (χ1n) is 5.70. The molecule has 0 aromatic carbocycles. The number of likely N-dealkylation sites (tertiary alicyclic amines) is 1. The van der Waals surface area contributed by atoms with Crippen LogP contribution in [0.3, 0.4) is 0 Å². The van der Waals surface area contributed by atoms with Gasteiger partial charge in [-0.05, 0) is 33.1 Å². The summed E-state index contributed by atoms with van der Waals surface area (Å²) < 4.78 is 25.2. The Morgan fingerprint density at radius 3 is 2.31 bits per heavy atom. The topological polar surface area (TPSA) is 66.5 Å². The van der Waals surface area contributed by atoms with Crippen LogP contribution >= 0.6 is 0 Å². The third-order valence-corrected chi connectivity index (χ3v) is 4.54. The minimum Gasteiger partial charge on any atom is -0.342 e. The molecule has 0 spiro atoms. The van der Waals surface area contributed by atoms with Crippen molar-refractivity contribution < 1.29 is 13.2 Å². The normalized spacial score (nSPS) is 17.8. The molecule has 1 aliphatic heterocycles. The largest absolute Gasteiger partial charge is 0.342 e. The van der Waals surface area contributed by atoms with Crippen molar-refractivity contribution in [1.82, 2.24) is 9.62 Å². The number of nitrogens with one attached hydrogen (secondary N) is 1. The number of carbonyl (C=O) groups is 1. The molecule has 0 aromatic rings. The molecule has 94 valence electrons. The van der Waals surface area contributed by atoms with Crippen molar-refractivity contribution in [3.8, 4) is 0 Å². The van der Waals surface area contributed by atoms with E-state index in [2.05, 4.69) is 4.72 Å². The highest BCUT2D eigenvalue weighted by atomic mass is 32.2. The maximum absolute atomic E-state index is 11.7. The monoisotopic (exact) mass is 248 g/mol. The fourth-order valence-corrected chi connectivity index (χ4v) is 2.24. The quantitative estimate of drug-likeness (QED) is 0.779. The Labute approximate surface area is 97.2 Å². The van der Waals surface area contributed by atoms with E-state index >= 15 is 0 Å². The van der Waals surface area contributed by atoms with Crippen molar-refractivity contribution >= 4 is 15.9 Å². The van der Waals surface area contributed by atoms with Gasteiger partial charge in [0, 0.05) is 13.1 Å². The van der Waals surface area contributed by atoms with E-state index in [1.165, 1.54) is 0 Å². The molecule has 1 heterocycles. The molecule has 0 saturated carbocycles. The average Bonchev–Trinajstić information content (AvgIpc) is 2.27. The predicted molar refractivity (Wildman–Crippen MR) is 62.5 cm³/mol. The SMILES string of the molecule is CC(C)S(=O)(=O)NCC(=O)N1CCCCC1. The molecule has 0 aliphatic carbocycles. The van der Waals surface area contributed by atoms with Crippen molar-refractivity contribution in [2.45, 2.75) is 38.4 Å². The van der Waals surface area contributed by atoms with Crippen molar-refractivity contribution in [2.24, 2.45) is 0 Å². The molecule has 1 fully saturated rings. The average molecular weight is 248 g/mol. The van der Waals surface area contributed by atoms with E-state index in [-0.39, 0.29) is 12.5 Å². The lowest BCUT2D eigenvalue weighted by molar-refractivity contribution is -0.130. The lowest BCUT2D eigenvalue weighted by Crippen LogP contribution is -2.43. The zero-order chi connectivity index (χ0) is 12.2. The first kappa shape index (κ1) is 13.4. The number of hydrogen-bond acceptors (Lipinski definition) is 3. The lowest BCUT2D eigenvalue weighted by Gasteiger charge is -2.26. The molecule has 0 atom stereocenters. The summed E-state index contributed by atoms with van der Waals surface area (Å²) in [5.74, 6) is -0.121. The van der Waals surface area contributed by atoms with Crippen LogP contribution in [0.5, 0.6) is 0 Å². The summed E-state index contributed by atoms with van der Waals surface area (Å²) in [6.45, 7) is 4.58. The highest BCUT2D eigenvalue weighted by molar-refractivity contribution is 7.90. The van der Waals surface area contributed by atoms with Crippen LogP contribution < -0.4 is 4.72 Å². The summed E-state index contributed by atoms with van der Waals surface area (Å²) in [7, 11) is -3.33. The van der Waals surface area contributed by atoms with Crippen LogP contribution in [0.4, 0.5) is 0 Å². The number of piperidine rings is 1. The van der Waals surface area contributed by atoms with Gasteiger partial charge in [-0.3, -0.25) is 4.79 Å². The standard InChI is InChI=1S/C10H20N2O3S/c1-9(2)16(14,15)11-8-10(13)12-6-4-3-5-7-12/h9,11H,3-8H2,1-2H3. The zero-order valence-electron chi connectivity index (χ0n) is 9.90. The van der Waals surface area contributed by atoms with Gasteiger partial charge in [0.25, 0.3) is 0 Å². The predicted octanol–water partition coefficient (Wildman–Crippen LogP) is 0.327. The van der Waals surface area contributed by atoms with Crippen molar-refractivity contribution in [3.05, 3.63) is 0 Å². The summed E-state index contributed by atoms with van der Waals surface area (Å²) >= 11 is 0. The van der Waals surface area contributed by atoms with Crippen LogP contribution in [-0.2, 0) is 14.8 Å². The van der Waals surface area contributed by atoms with Gasteiger partial charge in [-0.25, -0.2) is 13.1 Å².